The van der Waals surface area contributed by atoms with Crippen LogP contribution in [0, 0.1) is 0 Å². The van der Waals surface area contributed by atoms with Crippen molar-refractivity contribution in [1.29, 1.82) is 0 Å². The summed E-state index contributed by atoms with van der Waals surface area (Å²) in [7, 11) is 0. The van der Waals surface area contributed by atoms with Crippen LogP contribution in [0.1, 0.15) is 94.6 Å². The zero-order valence-corrected chi connectivity index (χ0v) is 31.7. The molecule has 56 heavy (non-hydrogen) atoms. The van der Waals surface area contributed by atoms with Gasteiger partial charge in [-0.05, 0) is 93.5 Å². The van der Waals surface area contributed by atoms with Gasteiger partial charge in [0.25, 0.3) is 17.7 Å². The van der Waals surface area contributed by atoms with Crippen LogP contribution in [0.5, 0.6) is 5.75 Å². The van der Waals surface area contributed by atoms with Gasteiger partial charge in [0, 0.05) is 87.0 Å². The fourth-order valence-electron chi connectivity index (χ4n) is 9.26. The van der Waals surface area contributed by atoms with Crippen LogP contribution in [0.25, 0.3) is 5.65 Å². The van der Waals surface area contributed by atoms with E-state index in [9.17, 15) is 24.3 Å². The molecule has 0 spiro atoms. The number of carbonyl (C=O) groups excluding carboxylic acids is 4. The average Bonchev–Trinajstić information content (AvgIpc) is 3.87. The molecule has 15 nitrogen and oxygen atoms in total. The van der Waals surface area contributed by atoms with Crippen molar-refractivity contribution in [2.75, 3.05) is 36.4 Å². The van der Waals surface area contributed by atoms with Crippen molar-refractivity contribution < 1.29 is 29.0 Å². The molecule has 4 aliphatic heterocycles. The zero-order chi connectivity index (χ0) is 38.7. The summed E-state index contributed by atoms with van der Waals surface area (Å²) >= 11 is 0. The summed E-state index contributed by atoms with van der Waals surface area (Å²) in [6.07, 6.45) is 8.30. The number of aliphatic hydroxyl groups is 1. The molecule has 4 aromatic rings. The third-order valence-electron chi connectivity index (χ3n) is 12.1. The summed E-state index contributed by atoms with van der Waals surface area (Å²) in [5, 5.41) is 20.3. The van der Waals surface area contributed by atoms with Crippen molar-refractivity contribution in [3.8, 4) is 5.75 Å². The Balaban J connectivity index is 0.802. The van der Waals surface area contributed by atoms with Gasteiger partial charge in [-0.25, -0.2) is 9.50 Å². The number of aliphatic hydroxyl groups excluding tert-OH is 1. The highest BCUT2D eigenvalue weighted by Gasteiger charge is 2.40. The molecule has 6 heterocycles. The maximum absolute atomic E-state index is 13.9. The monoisotopic (exact) mass is 761 g/mol. The maximum atomic E-state index is 13.9. The van der Waals surface area contributed by atoms with Crippen molar-refractivity contribution in [1.82, 2.24) is 34.6 Å². The van der Waals surface area contributed by atoms with E-state index in [0.717, 1.165) is 68.7 Å². The molecule has 2 aromatic carbocycles. The third-order valence-corrected chi connectivity index (χ3v) is 12.1. The number of piperazine rings is 1. The zero-order valence-electron chi connectivity index (χ0n) is 31.7. The molecule has 3 fully saturated rings. The second-order valence-corrected chi connectivity index (χ2v) is 15.9. The number of anilines is 2. The largest absolute Gasteiger partial charge is 0.489 e. The molecule has 3 N–H and O–H groups in total. The first kappa shape index (κ1) is 36.1. The quantitative estimate of drug-likeness (QED) is 0.243. The van der Waals surface area contributed by atoms with Gasteiger partial charge < -0.3 is 35.2 Å². The van der Waals surface area contributed by atoms with E-state index in [1.807, 2.05) is 36.9 Å². The van der Waals surface area contributed by atoms with Gasteiger partial charge in [0.05, 0.1) is 24.0 Å². The van der Waals surface area contributed by atoms with Crippen molar-refractivity contribution in [3.63, 3.8) is 0 Å². The molecule has 5 aliphatic rings. The Bertz CT molecular complexity index is 2210. The second kappa shape index (κ2) is 14.5. The van der Waals surface area contributed by atoms with E-state index in [2.05, 4.69) is 36.6 Å². The van der Waals surface area contributed by atoms with Crippen LogP contribution in [0.4, 0.5) is 11.4 Å². The normalized spacial score (nSPS) is 24.1. The van der Waals surface area contributed by atoms with Crippen molar-refractivity contribution in [2.24, 2.45) is 0 Å². The number of carbonyl (C=O) groups is 4. The van der Waals surface area contributed by atoms with Crippen LogP contribution in [0.3, 0.4) is 0 Å². The van der Waals surface area contributed by atoms with E-state index in [4.69, 9.17) is 4.74 Å². The lowest BCUT2D eigenvalue weighted by Crippen LogP contribution is -2.55. The number of hydrogen-bond acceptors (Lipinski definition) is 10. The lowest BCUT2D eigenvalue weighted by molar-refractivity contribution is -0.129. The fraction of sp³-hybridized carbons (Fsp3) is 0.463. The molecule has 9 rings (SSSR count). The molecule has 2 unspecified atom stereocenters. The average molecular weight is 762 g/mol. The minimum absolute atomic E-state index is 0.0104. The summed E-state index contributed by atoms with van der Waals surface area (Å²) < 4.78 is 7.67. The lowest BCUT2D eigenvalue weighted by atomic mass is 9.89. The summed E-state index contributed by atoms with van der Waals surface area (Å²) in [5.41, 5.74) is 5.55. The SMILES string of the molecule is CC(C)Oc1cc2c(cc1NC(=O)c1cnn3cccnc13)CN(C1CCC(N3CCN(c4ccc5c(c4)CN(C4CCC(=O)NC4O)C5=O)CC3)CC1)C2=O. The first-order valence-corrected chi connectivity index (χ1v) is 19.8. The van der Waals surface area contributed by atoms with Gasteiger partial charge in [0.15, 0.2) is 5.65 Å². The standard InChI is InChI=1S/C41H47N9O6/c1-24(2)56-35-20-31-26(19-33(35)44-38(52)32-21-43-50-13-3-12-42-37(32)50)22-48(41(31)55)28-6-4-27(5-7-28)46-14-16-47(17-15-46)29-8-9-30-25(18-29)23-49(40(30)54)34-10-11-36(51)45-39(34)53/h3,8-9,12-13,18-21,24,27-28,34,39,53H,4-7,10-11,14-17,22-23H2,1-2H3,(H,44,52)(H,45,51). The summed E-state index contributed by atoms with van der Waals surface area (Å²) in [4.78, 5) is 65.2. The molecule has 15 heteroatoms. The molecule has 4 amide bonds. The Morgan fingerprint density at radius 2 is 1.64 bits per heavy atom. The smallest absolute Gasteiger partial charge is 0.261 e. The Morgan fingerprint density at radius 3 is 2.41 bits per heavy atom. The number of ether oxygens (including phenoxy) is 1. The van der Waals surface area contributed by atoms with Crippen molar-refractivity contribution in [3.05, 3.63) is 82.8 Å². The van der Waals surface area contributed by atoms with Gasteiger partial charge in [-0.1, -0.05) is 0 Å². The van der Waals surface area contributed by atoms with Gasteiger partial charge in [0.1, 0.15) is 17.5 Å². The lowest BCUT2D eigenvalue weighted by Gasteiger charge is -2.43. The van der Waals surface area contributed by atoms with E-state index >= 15 is 0 Å². The maximum Gasteiger partial charge on any atom is 0.261 e. The highest BCUT2D eigenvalue weighted by Crippen LogP contribution is 2.39. The van der Waals surface area contributed by atoms with Crippen molar-refractivity contribution in [2.45, 2.75) is 95.9 Å². The molecule has 2 saturated heterocycles. The topological polar surface area (TPSA) is 165 Å². The van der Waals surface area contributed by atoms with E-state index < -0.39 is 12.3 Å². The molecule has 2 atom stereocenters. The van der Waals surface area contributed by atoms with Crippen LogP contribution < -0.4 is 20.3 Å². The molecule has 2 aromatic heterocycles. The van der Waals surface area contributed by atoms with Crippen LogP contribution in [0.15, 0.2) is 55.0 Å². The van der Waals surface area contributed by atoms with Crippen LogP contribution in [0.2, 0.25) is 0 Å². The minimum atomic E-state index is -1.05. The third kappa shape index (κ3) is 6.61. The van der Waals surface area contributed by atoms with E-state index in [0.29, 0.717) is 65.7 Å². The van der Waals surface area contributed by atoms with E-state index in [1.165, 1.54) is 6.20 Å². The van der Waals surface area contributed by atoms with Crippen LogP contribution >= 0.6 is 0 Å². The Morgan fingerprint density at radius 1 is 0.911 bits per heavy atom. The van der Waals surface area contributed by atoms with E-state index in [1.54, 1.807) is 33.9 Å². The Labute approximate surface area is 324 Å². The van der Waals surface area contributed by atoms with Gasteiger partial charge in [-0.15, -0.1) is 0 Å². The number of nitrogens with one attached hydrogen (secondary N) is 2. The number of aromatic nitrogens is 3. The van der Waals surface area contributed by atoms with Gasteiger partial charge in [-0.2, -0.15) is 5.10 Å². The number of fused-ring (bicyclic) bond motifs is 3. The Hall–Kier alpha value is -5.54. The van der Waals surface area contributed by atoms with Crippen molar-refractivity contribution >= 4 is 40.7 Å². The molecular formula is C41H47N9O6. The number of amides is 4. The molecule has 292 valence electrons. The fourth-order valence-corrected chi connectivity index (χ4v) is 9.26. The molecular weight excluding hydrogens is 715 g/mol. The van der Waals surface area contributed by atoms with Gasteiger partial charge in [-0.3, -0.25) is 24.1 Å². The highest BCUT2D eigenvalue weighted by atomic mass is 16.5. The minimum Gasteiger partial charge on any atom is -0.489 e. The number of benzene rings is 2. The summed E-state index contributed by atoms with van der Waals surface area (Å²) in [6, 6.07) is 11.6. The molecule has 0 bridgehead atoms. The Kier molecular flexibility index (Phi) is 9.36. The summed E-state index contributed by atoms with van der Waals surface area (Å²) in [5.74, 6) is -0.164. The molecule has 1 saturated carbocycles. The molecule has 0 radical (unpaired) electrons. The highest BCUT2D eigenvalue weighted by molar-refractivity contribution is 6.09. The summed E-state index contributed by atoms with van der Waals surface area (Å²) in [6.45, 7) is 8.41. The predicted octanol–water partition coefficient (Wildman–Crippen LogP) is 3.41. The second-order valence-electron chi connectivity index (χ2n) is 15.9. The number of nitrogens with zero attached hydrogens (tertiary/aromatic N) is 7. The van der Waals surface area contributed by atoms with Crippen LogP contribution in [-0.4, -0.2) is 115 Å². The predicted molar refractivity (Wildman–Crippen MR) is 206 cm³/mol. The number of hydrogen-bond donors (Lipinski definition) is 3. The molecule has 1 aliphatic carbocycles. The number of rotatable bonds is 8. The first-order valence-electron chi connectivity index (χ1n) is 19.8. The van der Waals surface area contributed by atoms with Gasteiger partial charge >= 0.3 is 0 Å². The number of piperidine rings is 1. The van der Waals surface area contributed by atoms with E-state index in [-0.39, 0.29) is 35.8 Å². The van der Waals surface area contributed by atoms with Gasteiger partial charge in [0.2, 0.25) is 5.91 Å². The first-order chi connectivity index (χ1) is 27.1. The van der Waals surface area contributed by atoms with Crippen LogP contribution in [-0.2, 0) is 17.9 Å².